The number of rotatable bonds is 3. The Hall–Kier alpha value is -1.85. The van der Waals surface area contributed by atoms with Crippen LogP contribution >= 0.6 is 23.2 Å². The fourth-order valence-electron chi connectivity index (χ4n) is 3.13. The molecule has 25 heavy (non-hydrogen) atoms. The first-order chi connectivity index (χ1) is 12.0. The molecule has 3 aromatic heterocycles. The third-order valence-electron chi connectivity index (χ3n) is 4.34. The Morgan fingerprint density at radius 1 is 1.16 bits per heavy atom. The van der Waals surface area contributed by atoms with Gasteiger partial charge >= 0.3 is 0 Å². The van der Waals surface area contributed by atoms with Gasteiger partial charge in [0.1, 0.15) is 29.5 Å². The van der Waals surface area contributed by atoms with Crippen LogP contribution in [0.5, 0.6) is 0 Å². The van der Waals surface area contributed by atoms with Crippen molar-refractivity contribution < 1.29 is 15.3 Å². The van der Waals surface area contributed by atoms with E-state index in [-0.39, 0.29) is 17.0 Å². The Labute approximate surface area is 150 Å². The molecule has 1 fully saturated rings. The summed E-state index contributed by atoms with van der Waals surface area (Å²) in [6, 6.07) is -1.10. The van der Waals surface area contributed by atoms with E-state index in [1.807, 2.05) is 0 Å². The Kier molecular flexibility index (Phi) is 4.08. The van der Waals surface area contributed by atoms with Crippen molar-refractivity contribution in [3.63, 3.8) is 0 Å². The standard InChI is InChI=1S/C13H13Cl2N7O3/c14-11-8-12(19-13(15)18-11)21(4-16-8)6-1-7(10(25)9(6)24)22-17-2-5(3-23)20-22/h2,4,6-7,9-10,23-25H,1,3H2/t6-,7?,9+,10-/m1/s1. The molecule has 3 N–H and O–H groups in total. The van der Waals surface area contributed by atoms with E-state index in [0.29, 0.717) is 23.3 Å². The van der Waals surface area contributed by atoms with Crippen LogP contribution in [0.15, 0.2) is 12.5 Å². The SMILES string of the molecule is OCc1cnn(C2C[C@@H](n3cnc4c(Cl)nc(Cl)nc43)[C@H](O)[C@@H]2O)n1. The monoisotopic (exact) mass is 385 g/mol. The minimum absolute atomic E-state index is 0.0369. The van der Waals surface area contributed by atoms with Crippen LogP contribution in [-0.2, 0) is 6.61 Å². The molecule has 0 aromatic carbocycles. The maximum absolute atomic E-state index is 10.5. The number of aromatic nitrogens is 7. The van der Waals surface area contributed by atoms with Crippen LogP contribution in [-0.4, -0.2) is 62.0 Å². The number of hydrogen-bond donors (Lipinski definition) is 3. The van der Waals surface area contributed by atoms with E-state index in [0.717, 1.165) is 0 Å². The molecule has 0 saturated heterocycles. The molecule has 1 aliphatic rings. The smallest absolute Gasteiger partial charge is 0.225 e. The van der Waals surface area contributed by atoms with E-state index in [4.69, 9.17) is 28.3 Å². The fourth-order valence-corrected chi connectivity index (χ4v) is 3.55. The van der Waals surface area contributed by atoms with Crippen LogP contribution < -0.4 is 0 Å². The summed E-state index contributed by atoms with van der Waals surface area (Å²) in [7, 11) is 0. The van der Waals surface area contributed by atoms with Crippen molar-refractivity contribution in [2.75, 3.05) is 0 Å². The quantitative estimate of drug-likeness (QED) is 0.427. The summed E-state index contributed by atoms with van der Waals surface area (Å²) in [6.07, 6.45) is 1.01. The van der Waals surface area contributed by atoms with Gasteiger partial charge in [-0.25, -0.2) is 9.97 Å². The molecule has 132 valence electrons. The van der Waals surface area contributed by atoms with Gasteiger partial charge in [-0.1, -0.05) is 11.6 Å². The molecule has 0 spiro atoms. The molecular formula is C13H13Cl2N7O3. The number of aliphatic hydroxyl groups is 3. The number of halogens is 2. The van der Waals surface area contributed by atoms with Gasteiger partial charge in [0.05, 0.1) is 25.2 Å². The topological polar surface area (TPSA) is 135 Å². The second-order valence-electron chi connectivity index (χ2n) is 5.77. The van der Waals surface area contributed by atoms with Crippen LogP contribution in [0.3, 0.4) is 0 Å². The van der Waals surface area contributed by atoms with Crippen molar-refractivity contribution in [1.29, 1.82) is 0 Å². The first kappa shape index (κ1) is 16.6. The molecule has 0 amide bonds. The summed E-state index contributed by atoms with van der Waals surface area (Å²) >= 11 is 11.9. The lowest BCUT2D eigenvalue weighted by atomic mass is 10.2. The molecule has 12 heteroatoms. The summed E-state index contributed by atoms with van der Waals surface area (Å²) < 4.78 is 1.61. The average molecular weight is 386 g/mol. The molecule has 1 aliphatic carbocycles. The summed E-state index contributed by atoms with van der Waals surface area (Å²) in [5.74, 6) is 0. The Morgan fingerprint density at radius 2 is 1.92 bits per heavy atom. The van der Waals surface area contributed by atoms with Crippen molar-refractivity contribution in [3.05, 3.63) is 28.7 Å². The lowest BCUT2D eigenvalue weighted by Gasteiger charge is -2.18. The van der Waals surface area contributed by atoms with Gasteiger partial charge in [-0.05, 0) is 18.0 Å². The third kappa shape index (κ3) is 2.66. The highest BCUT2D eigenvalue weighted by molar-refractivity contribution is 6.35. The van der Waals surface area contributed by atoms with Crippen LogP contribution in [0, 0.1) is 0 Å². The normalized spacial score (nSPS) is 26.6. The summed E-state index contributed by atoms with van der Waals surface area (Å²) in [5, 5.41) is 38.2. The third-order valence-corrected chi connectivity index (χ3v) is 4.78. The van der Waals surface area contributed by atoms with Crippen molar-refractivity contribution in [2.24, 2.45) is 0 Å². The lowest BCUT2D eigenvalue weighted by Crippen LogP contribution is -2.31. The van der Waals surface area contributed by atoms with E-state index in [1.165, 1.54) is 17.3 Å². The van der Waals surface area contributed by atoms with E-state index in [2.05, 4.69) is 25.1 Å². The van der Waals surface area contributed by atoms with Crippen molar-refractivity contribution in [1.82, 2.24) is 34.5 Å². The molecule has 4 rings (SSSR count). The fraction of sp³-hybridized carbons (Fsp3) is 0.462. The summed E-state index contributed by atoms with van der Waals surface area (Å²) in [5.41, 5.74) is 1.10. The molecule has 1 unspecified atom stereocenters. The molecule has 3 heterocycles. The van der Waals surface area contributed by atoms with E-state index < -0.39 is 24.3 Å². The molecule has 10 nitrogen and oxygen atoms in total. The Bertz CT molecular complexity index is 930. The zero-order valence-corrected chi connectivity index (χ0v) is 14.1. The van der Waals surface area contributed by atoms with Gasteiger partial charge in [-0.15, -0.1) is 0 Å². The second kappa shape index (κ2) is 6.15. The van der Waals surface area contributed by atoms with Gasteiger partial charge in [0.25, 0.3) is 0 Å². The van der Waals surface area contributed by atoms with Crippen molar-refractivity contribution in [3.8, 4) is 0 Å². The van der Waals surface area contributed by atoms with Crippen LogP contribution in [0.4, 0.5) is 0 Å². The number of fused-ring (bicyclic) bond motifs is 1. The molecule has 0 aliphatic heterocycles. The first-order valence-corrected chi connectivity index (χ1v) is 8.18. The van der Waals surface area contributed by atoms with Gasteiger partial charge in [-0.2, -0.15) is 20.0 Å². The van der Waals surface area contributed by atoms with Crippen LogP contribution in [0.2, 0.25) is 10.4 Å². The lowest BCUT2D eigenvalue weighted by molar-refractivity contribution is 0.00491. The molecule has 0 bridgehead atoms. The second-order valence-corrected chi connectivity index (χ2v) is 6.47. The predicted octanol–water partition coefficient (Wildman–Crippen LogP) is 0.125. The first-order valence-electron chi connectivity index (χ1n) is 7.43. The van der Waals surface area contributed by atoms with Gasteiger partial charge in [-0.3, -0.25) is 0 Å². The largest absolute Gasteiger partial charge is 0.390 e. The average Bonchev–Trinajstić information content (AvgIpc) is 3.27. The molecular weight excluding hydrogens is 373 g/mol. The zero-order valence-electron chi connectivity index (χ0n) is 12.6. The maximum Gasteiger partial charge on any atom is 0.225 e. The summed E-state index contributed by atoms with van der Waals surface area (Å²) in [6.45, 7) is -0.255. The maximum atomic E-state index is 10.5. The van der Waals surface area contributed by atoms with Crippen molar-refractivity contribution in [2.45, 2.75) is 37.3 Å². The molecule has 1 saturated carbocycles. The Balaban J connectivity index is 1.72. The predicted molar refractivity (Wildman–Crippen MR) is 86.0 cm³/mol. The van der Waals surface area contributed by atoms with Crippen LogP contribution in [0.25, 0.3) is 11.2 Å². The highest BCUT2D eigenvalue weighted by Gasteiger charge is 2.45. The highest BCUT2D eigenvalue weighted by atomic mass is 35.5. The minimum Gasteiger partial charge on any atom is -0.390 e. The van der Waals surface area contributed by atoms with Gasteiger partial charge in [0.15, 0.2) is 10.8 Å². The van der Waals surface area contributed by atoms with E-state index >= 15 is 0 Å². The summed E-state index contributed by atoms with van der Waals surface area (Å²) in [4.78, 5) is 13.4. The molecule has 4 atom stereocenters. The number of imidazole rings is 1. The minimum atomic E-state index is -1.10. The van der Waals surface area contributed by atoms with E-state index in [9.17, 15) is 10.2 Å². The van der Waals surface area contributed by atoms with Crippen molar-refractivity contribution >= 4 is 34.4 Å². The Morgan fingerprint density at radius 3 is 2.64 bits per heavy atom. The zero-order chi connectivity index (χ0) is 17.7. The van der Waals surface area contributed by atoms with Crippen LogP contribution in [0.1, 0.15) is 24.2 Å². The molecule has 3 aromatic rings. The van der Waals surface area contributed by atoms with Gasteiger partial charge in [0.2, 0.25) is 5.28 Å². The number of hydrogen-bond acceptors (Lipinski definition) is 8. The van der Waals surface area contributed by atoms with E-state index in [1.54, 1.807) is 4.57 Å². The highest BCUT2D eigenvalue weighted by Crippen LogP contribution is 2.39. The van der Waals surface area contributed by atoms with Gasteiger partial charge < -0.3 is 19.9 Å². The molecule has 0 radical (unpaired) electrons. The number of aliphatic hydroxyl groups excluding tert-OH is 3. The van der Waals surface area contributed by atoms with Gasteiger partial charge in [0, 0.05) is 0 Å². The number of nitrogens with zero attached hydrogens (tertiary/aromatic N) is 7.